The normalized spacial score (nSPS) is 11.6. The zero-order valence-electron chi connectivity index (χ0n) is 33.6. The number of ether oxygens (including phenoxy) is 4. The van der Waals surface area contributed by atoms with Crippen LogP contribution >= 0.6 is 22.7 Å². The smallest absolute Gasteiger partial charge is 0.162 e. The first kappa shape index (κ1) is 37.9. The molecule has 8 heteroatoms. The summed E-state index contributed by atoms with van der Waals surface area (Å²) in [5.41, 5.74) is 10.2. The van der Waals surface area contributed by atoms with E-state index in [9.17, 15) is 0 Å². The average Bonchev–Trinajstić information content (AvgIpc) is 4.06. The monoisotopic (exact) mass is 824 g/mol. The van der Waals surface area contributed by atoms with Crippen molar-refractivity contribution in [3.63, 3.8) is 0 Å². The highest BCUT2D eigenvalue weighted by atomic mass is 32.1. The first-order valence-corrected chi connectivity index (χ1v) is 22.3. The number of hydrogen-bond acceptors (Lipinski definition) is 6. The van der Waals surface area contributed by atoms with Crippen molar-refractivity contribution in [2.45, 2.75) is 20.3 Å². The maximum Gasteiger partial charge on any atom is 0.162 e. The van der Waals surface area contributed by atoms with Gasteiger partial charge in [0.15, 0.2) is 5.75 Å². The maximum absolute atomic E-state index is 6.60. The Hall–Kier alpha value is -6.32. The predicted octanol–water partition coefficient (Wildman–Crippen LogP) is 13.8. The van der Waals surface area contributed by atoms with Crippen LogP contribution in [0, 0.1) is 0 Å². The molecule has 0 bridgehead atoms. The molecule has 6 nitrogen and oxygen atoms in total. The Bertz CT molecular complexity index is 3010. The number of benzene rings is 6. The third kappa shape index (κ3) is 6.71. The van der Waals surface area contributed by atoms with E-state index in [4.69, 9.17) is 18.9 Å². The summed E-state index contributed by atoms with van der Waals surface area (Å²) in [6, 6.07) is 51.1. The van der Waals surface area contributed by atoms with Crippen LogP contribution in [-0.2, 0) is 11.2 Å². The molecule has 4 aromatic heterocycles. The molecule has 10 aromatic rings. The molecule has 0 aliphatic heterocycles. The van der Waals surface area contributed by atoms with E-state index in [1.165, 1.54) is 48.7 Å². The van der Waals surface area contributed by atoms with Gasteiger partial charge in [0.25, 0.3) is 0 Å². The maximum atomic E-state index is 6.60. The summed E-state index contributed by atoms with van der Waals surface area (Å²) in [6.07, 6.45) is 0.780. The lowest BCUT2D eigenvalue weighted by Crippen LogP contribution is -2.10. The lowest BCUT2D eigenvalue weighted by Gasteiger charge is -2.16. The van der Waals surface area contributed by atoms with Crippen LogP contribution < -0.4 is 14.2 Å². The van der Waals surface area contributed by atoms with Crippen LogP contribution in [0.25, 0.3) is 75.9 Å². The number of thiophene rings is 2. The van der Waals surface area contributed by atoms with Crippen molar-refractivity contribution in [2.75, 3.05) is 33.0 Å². The van der Waals surface area contributed by atoms with Crippen LogP contribution in [0.4, 0.5) is 0 Å². The summed E-state index contributed by atoms with van der Waals surface area (Å²) >= 11 is 3.44. The van der Waals surface area contributed by atoms with E-state index >= 15 is 0 Å². The molecular formula is C52H44N2O4S2. The standard InChI is InChI=1S/C52H44N2O4S2/c1-3-55-30-29-39-46(53-42-23-11-5-17-35(42)36-18-6-12-24-43(36)53)33-59-51(39)40-21-9-15-27-48(40)57-31-32-58-49-28-16-10-22-41(49)52-50(56-4-2)47(34-60-52)54-44-25-13-7-19-37(44)38-20-8-14-26-45(38)54/h5-28,33-34H,3-4,29-32H2,1-2H3. The fraction of sp³-hybridized carbons (Fsp3) is 0.154. The van der Waals surface area contributed by atoms with E-state index in [1.807, 2.05) is 25.1 Å². The zero-order chi connectivity index (χ0) is 40.4. The number of nitrogens with zero attached hydrogens (tertiary/aromatic N) is 2. The Morgan fingerprint density at radius 3 is 1.38 bits per heavy atom. The third-order valence-electron chi connectivity index (χ3n) is 11.1. The summed E-state index contributed by atoms with van der Waals surface area (Å²) in [4.78, 5) is 2.22. The first-order chi connectivity index (χ1) is 29.7. The first-order valence-electron chi connectivity index (χ1n) is 20.6. The molecule has 0 N–H and O–H groups in total. The van der Waals surface area contributed by atoms with Crippen LogP contribution in [0.2, 0.25) is 0 Å². The molecule has 0 fully saturated rings. The van der Waals surface area contributed by atoms with Gasteiger partial charge in [0.1, 0.15) is 30.4 Å². The topological polar surface area (TPSA) is 46.8 Å². The Morgan fingerprint density at radius 1 is 0.433 bits per heavy atom. The van der Waals surface area contributed by atoms with Crippen molar-refractivity contribution >= 4 is 66.3 Å². The van der Waals surface area contributed by atoms with E-state index in [-0.39, 0.29) is 0 Å². The second-order valence-corrected chi connectivity index (χ2v) is 16.3. The van der Waals surface area contributed by atoms with E-state index in [0.29, 0.717) is 33.0 Å². The summed E-state index contributed by atoms with van der Waals surface area (Å²) in [6.45, 7) is 6.69. The summed E-state index contributed by atoms with van der Waals surface area (Å²) in [5, 5.41) is 9.43. The van der Waals surface area contributed by atoms with Gasteiger partial charge in [-0.1, -0.05) is 97.1 Å². The second-order valence-electron chi connectivity index (χ2n) is 14.5. The summed E-state index contributed by atoms with van der Waals surface area (Å²) in [5.74, 6) is 2.47. The molecule has 0 aliphatic carbocycles. The molecule has 0 saturated carbocycles. The number of hydrogen-bond donors (Lipinski definition) is 0. The van der Waals surface area contributed by atoms with Crippen molar-refractivity contribution in [3.8, 4) is 49.5 Å². The second kappa shape index (κ2) is 16.7. The van der Waals surface area contributed by atoms with Crippen LogP contribution in [0.15, 0.2) is 156 Å². The average molecular weight is 825 g/mol. The highest BCUT2D eigenvalue weighted by Crippen LogP contribution is 2.47. The largest absolute Gasteiger partial charge is 0.490 e. The van der Waals surface area contributed by atoms with Crippen molar-refractivity contribution in [3.05, 3.63) is 162 Å². The molecule has 0 saturated heterocycles. The Morgan fingerprint density at radius 2 is 0.867 bits per heavy atom. The number of aromatic nitrogens is 2. The lowest BCUT2D eigenvalue weighted by molar-refractivity contribution is 0.151. The molecule has 0 aliphatic rings. The van der Waals surface area contributed by atoms with Gasteiger partial charge in [-0.2, -0.15) is 0 Å². The van der Waals surface area contributed by atoms with Crippen LogP contribution in [-0.4, -0.2) is 42.2 Å². The van der Waals surface area contributed by atoms with Gasteiger partial charge >= 0.3 is 0 Å². The summed E-state index contributed by atoms with van der Waals surface area (Å²) in [7, 11) is 0. The number of rotatable bonds is 15. The molecule has 60 heavy (non-hydrogen) atoms. The fourth-order valence-electron chi connectivity index (χ4n) is 8.54. The molecule has 0 amide bonds. The molecule has 4 heterocycles. The Labute approximate surface area is 357 Å². The van der Waals surface area contributed by atoms with Gasteiger partial charge in [-0.25, -0.2) is 0 Å². The molecule has 6 aromatic carbocycles. The van der Waals surface area contributed by atoms with Gasteiger partial charge in [-0.3, -0.25) is 0 Å². The highest BCUT2D eigenvalue weighted by Gasteiger charge is 2.24. The van der Waals surface area contributed by atoms with Gasteiger partial charge in [0.2, 0.25) is 0 Å². The van der Waals surface area contributed by atoms with Crippen LogP contribution in [0.3, 0.4) is 0 Å². The highest BCUT2D eigenvalue weighted by molar-refractivity contribution is 7.14. The zero-order valence-corrected chi connectivity index (χ0v) is 35.2. The minimum atomic E-state index is 0.370. The number of fused-ring (bicyclic) bond motifs is 6. The Balaban J connectivity index is 0.937. The molecule has 10 rings (SSSR count). The van der Waals surface area contributed by atoms with Crippen molar-refractivity contribution < 1.29 is 18.9 Å². The fourth-order valence-corrected chi connectivity index (χ4v) is 10.7. The van der Waals surface area contributed by atoms with E-state index in [1.54, 1.807) is 22.7 Å². The van der Waals surface area contributed by atoms with Gasteiger partial charge in [-0.15, -0.1) is 22.7 Å². The van der Waals surface area contributed by atoms with Crippen LogP contribution in [0.5, 0.6) is 17.2 Å². The van der Waals surface area contributed by atoms with E-state index < -0.39 is 0 Å². The van der Waals surface area contributed by atoms with Gasteiger partial charge in [-0.05, 0) is 74.4 Å². The molecular weight excluding hydrogens is 781 g/mol. The molecule has 0 radical (unpaired) electrons. The Kier molecular flexibility index (Phi) is 10.6. The lowest BCUT2D eigenvalue weighted by atomic mass is 10.0. The number of para-hydroxylation sites is 6. The van der Waals surface area contributed by atoms with E-state index in [0.717, 1.165) is 56.4 Å². The minimum absolute atomic E-state index is 0.370. The van der Waals surface area contributed by atoms with Crippen molar-refractivity contribution in [1.82, 2.24) is 9.13 Å². The van der Waals surface area contributed by atoms with Gasteiger partial charge < -0.3 is 28.1 Å². The van der Waals surface area contributed by atoms with E-state index in [2.05, 4.69) is 154 Å². The predicted molar refractivity (Wildman–Crippen MR) is 251 cm³/mol. The molecule has 0 unspecified atom stereocenters. The van der Waals surface area contributed by atoms with Crippen molar-refractivity contribution in [1.29, 1.82) is 0 Å². The van der Waals surface area contributed by atoms with Crippen LogP contribution in [0.1, 0.15) is 19.4 Å². The minimum Gasteiger partial charge on any atom is -0.490 e. The third-order valence-corrected chi connectivity index (χ3v) is 13.1. The van der Waals surface area contributed by atoms with Gasteiger partial charge in [0.05, 0.1) is 45.8 Å². The SMILES string of the molecule is CCOCCc1c(-n2c3ccccc3c3ccccc32)csc1-c1ccccc1OCCOc1ccccc1-c1scc(-n2c3ccccc3c3ccccc32)c1OCC. The molecule has 298 valence electrons. The summed E-state index contributed by atoms with van der Waals surface area (Å²) < 4.78 is 30.3. The van der Waals surface area contributed by atoms with Gasteiger partial charge in [0, 0.05) is 54.9 Å². The van der Waals surface area contributed by atoms with Crippen molar-refractivity contribution in [2.24, 2.45) is 0 Å². The quantitative estimate of drug-likeness (QED) is 0.0966. The molecule has 0 atom stereocenters. The molecule has 0 spiro atoms.